The van der Waals surface area contributed by atoms with Crippen molar-refractivity contribution in [2.24, 2.45) is 5.73 Å². The van der Waals surface area contributed by atoms with Crippen LogP contribution in [-0.2, 0) is 10.2 Å². The van der Waals surface area contributed by atoms with Gasteiger partial charge in [-0.3, -0.25) is 9.59 Å². The van der Waals surface area contributed by atoms with Crippen LogP contribution in [0.4, 0.5) is 5.82 Å². The van der Waals surface area contributed by atoms with Crippen LogP contribution in [0.1, 0.15) is 34.3 Å². The monoisotopic (exact) mass is 415 g/mol. The second kappa shape index (κ2) is 7.12. The van der Waals surface area contributed by atoms with Crippen molar-refractivity contribution >= 4 is 17.6 Å². The SMILES string of the molecule is Cc1cc(NC(=O)C2(c3ccc4c(c3)OCO4)CC2)ncc1-c1ccc(C(N)=O)cc1. The minimum Gasteiger partial charge on any atom is -0.454 e. The van der Waals surface area contributed by atoms with Gasteiger partial charge in [0.25, 0.3) is 0 Å². The lowest BCUT2D eigenvalue weighted by Crippen LogP contribution is -2.28. The highest BCUT2D eigenvalue weighted by Crippen LogP contribution is 2.51. The zero-order valence-electron chi connectivity index (χ0n) is 17.0. The van der Waals surface area contributed by atoms with Gasteiger partial charge < -0.3 is 20.5 Å². The van der Waals surface area contributed by atoms with Crippen molar-refractivity contribution in [1.82, 2.24) is 4.98 Å². The van der Waals surface area contributed by atoms with Gasteiger partial charge in [0.15, 0.2) is 11.5 Å². The van der Waals surface area contributed by atoms with E-state index in [0.29, 0.717) is 22.9 Å². The number of ether oxygens (including phenoxy) is 2. The topological polar surface area (TPSA) is 104 Å². The molecule has 1 fully saturated rings. The van der Waals surface area contributed by atoms with Crippen molar-refractivity contribution in [3.63, 3.8) is 0 Å². The molecule has 1 aliphatic carbocycles. The predicted octanol–water partition coefficient (Wildman–Crippen LogP) is 3.55. The zero-order valence-corrected chi connectivity index (χ0v) is 17.0. The molecule has 2 amide bonds. The third-order valence-corrected chi connectivity index (χ3v) is 5.94. The third kappa shape index (κ3) is 3.38. The molecule has 2 aromatic carbocycles. The quantitative estimate of drug-likeness (QED) is 0.663. The van der Waals surface area contributed by atoms with E-state index >= 15 is 0 Å². The van der Waals surface area contributed by atoms with Gasteiger partial charge in [0, 0.05) is 17.3 Å². The number of aryl methyl sites for hydroxylation is 1. The van der Waals surface area contributed by atoms with Crippen LogP contribution < -0.4 is 20.5 Å². The summed E-state index contributed by atoms with van der Waals surface area (Å²) in [7, 11) is 0. The van der Waals surface area contributed by atoms with E-state index in [1.807, 2.05) is 43.3 Å². The number of aromatic nitrogens is 1. The molecule has 1 aromatic heterocycles. The van der Waals surface area contributed by atoms with E-state index in [-0.39, 0.29) is 12.7 Å². The number of carbonyl (C=O) groups excluding carboxylic acids is 2. The van der Waals surface area contributed by atoms with Crippen molar-refractivity contribution in [2.45, 2.75) is 25.2 Å². The van der Waals surface area contributed by atoms with Crippen LogP contribution in [0, 0.1) is 6.92 Å². The van der Waals surface area contributed by atoms with E-state index < -0.39 is 11.3 Å². The number of anilines is 1. The van der Waals surface area contributed by atoms with Crippen molar-refractivity contribution in [3.05, 3.63) is 71.4 Å². The maximum atomic E-state index is 13.1. The number of nitrogens with one attached hydrogen (secondary N) is 1. The van der Waals surface area contributed by atoms with Crippen LogP contribution in [0.5, 0.6) is 11.5 Å². The summed E-state index contributed by atoms with van der Waals surface area (Å²) in [4.78, 5) is 28.8. The molecule has 5 rings (SSSR count). The summed E-state index contributed by atoms with van der Waals surface area (Å²) < 4.78 is 10.8. The van der Waals surface area contributed by atoms with Crippen LogP contribution in [-0.4, -0.2) is 23.6 Å². The lowest BCUT2D eigenvalue weighted by molar-refractivity contribution is -0.118. The first kappa shape index (κ1) is 19.1. The summed E-state index contributed by atoms with van der Waals surface area (Å²) in [6, 6.07) is 14.6. The fraction of sp³-hybridized carbons (Fsp3) is 0.208. The maximum absolute atomic E-state index is 13.1. The van der Waals surface area contributed by atoms with Gasteiger partial charge in [-0.15, -0.1) is 0 Å². The number of hydrogen-bond donors (Lipinski definition) is 2. The summed E-state index contributed by atoms with van der Waals surface area (Å²) in [5.74, 6) is 1.36. The van der Waals surface area contributed by atoms with Crippen LogP contribution in [0.25, 0.3) is 11.1 Å². The molecule has 1 saturated carbocycles. The Balaban J connectivity index is 1.35. The van der Waals surface area contributed by atoms with E-state index in [1.54, 1.807) is 18.3 Å². The molecule has 156 valence electrons. The molecular weight excluding hydrogens is 394 g/mol. The van der Waals surface area contributed by atoms with Gasteiger partial charge in [0.1, 0.15) is 5.82 Å². The molecule has 3 aromatic rings. The number of hydrogen-bond acceptors (Lipinski definition) is 5. The van der Waals surface area contributed by atoms with E-state index in [1.165, 1.54) is 0 Å². The molecule has 0 bridgehead atoms. The first-order valence-electron chi connectivity index (χ1n) is 10.0. The molecule has 2 aliphatic rings. The Labute approximate surface area is 179 Å². The highest BCUT2D eigenvalue weighted by molar-refractivity contribution is 6.01. The van der Waals surface area contributed by atoms with Gasteiger partial charge in [-0.05, 0) is 66.8 Å². The molecular formula is C24H21N3O4. The number of amides is 2. The number of fused-ring (bicyclic) bond motifs is 1. The molecule has 0 atom stereocenters. The van der Waals surface area contributed by atoms with Gasteiger partial charge >= 0.3 is 0 Å². The van der Waals surface area contributed by atoms with E-state index in [4.69, 9.17) is 15.2 Å². The van der Waals surface area contributed by atoms with Crippen LogP contribution in [0.15, 0.2) is 54.7 Å². The van der Waals surface area contributed by atoms with E-state index in [0.717, 1.165) is 35.1 Å². The molecule has 0 radical (unpaired) electrons. The van der Waals surface area contributed by atoms with Gasteiger partial charge in [-0.1, -0.05) is 18.2 Å². The average Bonchev–Trinajstić information content (AvgIpc) is 3.45. The van der Waals surface area contributed by atoms with Gasteiger partial charge in [0.05, 0.1) is 5.41 Å². The number of nitrogens with two attached hydrogens (primary N) is 1. The van der Waals surface area contributed by atoms with Crippen molar-refractivity contribution in [3.8, 4) is 22.6 Å². The van der Waals surface area contributed by atoms with Gasteiger partial charge in [0.2, 0.25) is 18.6 Å². The summed E-state index contributed by atoms with van der Waals surface area (Å²) in [5.41, 5.74) is 8.94. The lowest BCUT2D eigenvalue weighted by atomic mass is 9.94. The van der Waals surface area contributed by atoms with E-state index in [2.05, 4.69) is 10.3 Å². The maximum Gasteiger partial charge on any atom is 0.248 e. The fourth-order valence-electron chi connectivity index (χ4n) is 3.94. The first-order chi connectivity index (χ1) is 15.0. The number of benzene rings is 2. The van der Waals surface area contributed by atoms with Gasteiger partial charge in [-0.25, -0.2) is 4.98 Å². The molecule has 1 aliphatic heterocycles. The summed E-state index contributed by atoms with van der Waals surface area (Å²) in [6.07, 6.45) is 3.29. The average molecular weight is 415 g/mol. The number of carbonyl (C=O) groups is 2. The highest BCUT2D eigenvalue weighted by atomic mass is 16.7. The van der Waals surface area contributed by atoms with Crippen molar-refractivity contribution in [1.29, 1.82) is 0 Å². The van der Waals surface area contributed by atoms with Crippen LogP contribution in [0.2, 0.25) is 0 Å². The smallest absolute Gasteiger partial charge is 0.248 e. The van der Waals surface area contributed by atoms with Crippen molar-refractivity contribution < 1.29 is 19.1 Å². The fourth-order valence-corrected chi connectivity index (χ4v) is 3.94. The van der Waals surface area contributed by atoms with Gasteiger partial charge in [-0.2, -0.15) is 0 Å². The van der Waals surface area contributed by atoms with E-state index in [9.17, 15) is 9.59 Å². The first-order valence-corrected chi connectivity index (χ1v) is 10.0. The second-order valence-corrected chi connectivity index (χ2v) is 7.93. The Kier molecular flexibility index (Phi) is 4.39. The molecule has 0 spiro atoms. The number of pyridine rings is 1. The largest absolute Gasteiger partial charge is 0.454 e. The zero-order chi connectivity index (χ0) is 21.6. The number of nitrogens with zero attached hydrogens (tertiary/aromatic N) is 1. The minimum absolute atomic E-state index is 0.0724. The summed E-state index contributed by atoms with van der Waals surface area (Å²) >= 11 is 0. The summed E-state index contributed by atoms with van der Waals surface area (Å²) in [6.45, 7) is 2.16. The Morgan fingerprint density at radius 2 is 1.77 bits per heavy atom. The highest BCUT2D eigenvalue weighted by Gasteiger charge is 2.51. The molecule has 7 heteroatoms. The minimum atomic E-state index is -0.556. The molecule has 31 heavy (non-hydrogen) atoms. The van der Waals surface area contributed by atoms with Crippen LogP contribution >= 0.6 is 0 Å². The molecule has 0 saturated heterocycles. The number of rotatable bonds is 5. The molecule has 3 N–H and O–H groups in total. The summed E-state index contributed by atoms with van der Waals surface area (Å²) in [5, 5.41) is 2.97. The Morgan fingerprint density at radius 3 is 2.45 bits per heavy atom. The third-order valence-electron chi connectivity index (χ3n) is 5.94. The Hall–Kier alpha value is -3.87. The molecule has 7 nitrogen and oxygen atoms in total. The normalized spacial score (nSPS) is 15.4. The van der Waals surface area contributed by atoms with Crippen LogP contribution in [0.3, 0.4) is 0 Å². The standard InChI is InChI=1S/C24H21N3O4/c1-14-10-21(26-12-18(14)15-2-4-16(5-3-15)22(25)28)27-23(29)24(8-9-24)17-6-7-19-20(11-17)31-13-30-19/h2-7,10-12H,8-9,13H2,1H3,(H2,25,28)(H,26,27,29). The second-order valence-electron chi connectivity index (χ2n) is 7.93. The molecule has 2 heterocycles. The predicted molar refractivity (Wildman–Crippen MR) is 115 cm³/mol. The van der Waals surface area contributed by atoms with Crippen molar-refractivity contribution in [2.75, 3.05) is 12.1 Å². The Bertz CT molecular complexity index is 1200. The molecule has 0 unspecified atom stereocenters. The Morgan fingerprint density at radius 1 is 1.03 bits per heavy atom. The lowest BCUT2D eigenvalue weighted by Gasteiger charge is -2.16. The number of primary amides is 1.